The standard InChI is InChI=1S/C8H13N3OS/c1-6(5-12)10-7-3-9-4-8(11-7)13-2/h3-4,6,12H,5H2,1-2H3,(H,10,11)/t6-/m0/s1. The lowest BCUT2D eigenvalue weighted by molar-refractivity contribution is 0.281. The van der Waals surface area contributed by atoms with Gasteiger partial charge in [-0.05, 0) is 13.2 Å². The van der Waals surface area contributed by atoms with Gasteiger partial charge < -0.3 is 10.4 Å². The summed E-state index contributed by atoms with van der Waals surface area (Å²) in [5, 5.41) is 12.7. The average Bonchev–Trinajstić information content (AvgIpc) is 2.18. The number of aromatic nitrogens is 2. The molecule has 0 aromatic carbocycles. The molecule has 4 nitrogen and oxygen atoms in total. The lowest BCUT2D eigenvalue weighted by Gasteiger charge is -2.10. The highest BCUT2D eigenvalue weighted by Gasteiger charge is 2.01. The van der Waals surface area contributed by atoms with Gasteiger partial charge in [0.1, 0.15) is 10.8 Å². The SMILES string of the molecule is CSc1cncc(N[C@@H](C)CO)n1. The van der Waals surface area contributed by atoms with Crippen molar-refractivity contribution in [1.82, 2.24) is 9.97 Å². The van der Waals surface area contributed by atoms with Gasteiger partial charge in [-0.15, -0.1) is 11.8 Å². The Morgan fingerprint density at radius 2 is 2.38 bits per heavy atom. The van der Waals surface area contributed by atoms with Crippen molar-refractivity contribution in [1.29, 1.82) is 0 Å². The van der Waals surface area contributed by atoms with Crippen molar-refractivity contribution in [2.24, 2.45) is 0 Å². The third-order valence-corrected chi connectivity index (χ3v) is 2.10. The Morgan fingerprint density at radius 3 is 3.00 bits per heavy atom. The number of hydrogen-bond donors (Lipinski definition) is 2. The molecule has 1 aromatic heterocycles. The van der Waals surface area contributed by atoms with E-state index in [1.807, 2.05) is 13.2 Å². The van der Waals surface area contributed by atoms with Gasteiger partial charge in [0.25, 0.3) is 0 Å². The Morgan fingerprint density at radius 1 is 1.62 bits per heavy atom. The fourth-order valence-electron chi connectivity index (χ4n) is 0.814. The molecule has 0 aliphatic heterocycles. The quantitative estimate of drug-likeness (QED) is 0.708. The molecular weight excluding hydrogens is 186 g/mol. The van der Waals surface area contributed by atoms with Crippen LogP contribution in [-0.2, 0) is 0 Å². The number of aliphatic hydroxyl groups is 1. The normalized spacial score (nSPS) is 12.5. The first-order chi connectivity index (χ1) is 6.26. The van der Waals surface area contributed by atoms with E-state index in [9.17, 15) is 0 Å². The van der Waals surface area contributed by atoms with E-state index in [0.717, 1.165) is 5.03 Å². The Kier molecular flexibility index (Phi) is 3.98. The lowest BCUT2D eigenvalue weighted by atomic mass is 10.4. The molecule has 0 spiro atoms. The summed E-state index contributed by atoms with van der Waals surface area (Å²) in [5.41, 5.74) is 0. The summed E-state index contributed by atoms with van der Waals surface area (Å²) < 4.78 is 0. The van der Waals surface area contributed by atoms with Crippen LogP contribution in [0.4, 0.5) is 5.82 Å². The molecule has 0 radical (unpaired) electrons. The third kappa shape index (κ3) is 3.20. The van der Waals surface area contributed by atoms with Gasteiger partial charge in [-0.3, -0.25) is 4.98 Å². The van der Waals surface area contributed by atoms with Gasteiger partial charge in [-0.2, -0.15) is 0 Å². The molecular formula is C8H13N3OS. The topological polar surface area (TPSA) is 58.0 Å². The molecule has 1 atom stereocenters. The first-order valence-electron chi connectivity index (χ1n) is 3.99. The van der Waals surface area contributed by atoms with Crippen molar-refractivity contribution < 1.29 is 5.11 Å². The molecule has 0 aliphatic carbocycles. The van der Waals surface area contributed by atoms with Crippen LogP contribution in [0.5, 0.6) is 0 Å². The predicted octanol–water partition coefficient (Wildman–Crippen LogP) is 0.991. The maximum absolute atomic E-state index is 8.81. The van der Waals surface area contributed by atoms with Gasteiger partial charge in [-0.1, -0.05) is 0 Å². The van der Waals surface area contributed by atoms with E-state index in [1.165, 1.54) is 0 Å². The lowest BCUT2D eigenvalue weighted by Crippen LogP contribution is -2.20. The van der Waals surface area contributed by atoms with Crippen molar-refractivity contribution >= 4 is 17.6 Å². The Labute approximate surface area is 81.8 Å². The van der Waals surface area contributed by atoms with Gasteiger partial charge >= 0.3 is 0 Å². The zero-order valence-electron chi connectivity index (χ0n) is 7.69. The number of hydrogen-bond acceptors (Lipinski definition) is 5. The van der Waals surface area contributed by atoms with Crippen LogP contribution in [-0.4, -0.2) is 34.0 Å². The highest BCUT2D eigenvalue weighted by Crippen LogP contribution is 2.12. The monoisotopic (exact) mass is 199 g/mol. The molecule has 0 bridgehead atoms. The Balaban J connectivity index is 2.66. The van der Waals surface area contributed by atoms with Crippen LogP contribution in [0, 0.1) is 0 Å². The number of nitrogens with zero attached hydrogens (tertiary/aromatic N) is 2. The van der Waals surface area contributed by atoms with E-state index < -0.39 is 0 Å². The van der Waals surface area contributed by atoms with E-state index in [1.54, 1.807) is 24.2 Å². The minimum Gasteiger partial charge on any atom is -0.394 e. The number of anilines is 1. The van der Waals surface area contributed by atoms with E-state index in [2.05, 4.69) is 15.3 Å². The number of nitrogens with one attached hydrogen (secondary N) is 1. The van der Waals surface area contributed by atoms with Crippen LogP contribution in [0.15, 0.2) is 17.4 Å². The predicted molar refractivity (Wildman–Crippen MR) is 54.0 cm³/mol. The van der Waals surface area contributed by atoms with Crippen molar-refractivity contribution in [3.63, 3.8) is 0 Å². The first-order valence-corrected chi connectivity index (χ1v) is 5.22. The highest BCUT2D eigenvalue weighted by molar-refractivity contribution is 7.98. The molecule has 5 heteroatoms. The van der Waals surface area contributed by atoms with E-state index in [-0.39, 0.29) is 12.6 Å². The van der Waals surface area contributed by atoms with Crippen LogP contribution in [0.2, 0.25) is 0 Å². The van der Waals surface area contributed by atoms with Crippen LogP contribution in [0.3, 0.4) is 0 Å². The second kappa shape index (κ2) is 5.04. The largest absolute Gasteiger partial charge is 0.394 e. The smallest absolute Gasteiger partial charge is 0.146 e. The van der Waals surface area contributed by atoms with E-state index in [0.29, 0.717) is 5.82 Å². The molecule has 0 unspecified atom stereocenters. The van der Waals surface area contributed by atoms with Gasteiger partial charge in [0.15, 0.2) is 0 Å². The number of aliphatic hydroxyl groups excluding tert-OH is 1. The molecule has 0 amide bonds. The maximum atomic E-state index is 8.81. The number of rotatable bonds is 4. The van der Waals surface area contributed by atoms with Crippen molar-refractivity contribution in [2.45, 2.75) is 18.0 Å². The van der Waals surface area contributed by atoms with Crippen LogP contribution >= 0.6 is 11.8 Å². The summed E-state index contributed by atoms with van der Waals surface area (Å²) >= 11 is 1.54. The molecule has 2 N–H and O–H groups in total. The summed E-state index contributed by atoms with van der Waals surface area (Å²) in [6.07, 6.45) is 5.30. The minimum absolute atomic E-state index is 0.00593. The molecule has 0 fully saturated rings. The fraction of sp³-hybridized carbons (Fsp3) is 0.500. The number of thioether (sulfide) groups is 1. The molecule has 13 heavy (non-hydrogen) atoms. The molecule has 1 heterocycles. The second-order valence-electron chi connectivity index (χ2n) is 2.67. The first kappa shape index (κ1) is 10.3. The van der Waals surface area contributed by atoms with Crippen LogP contribution in [0.1, 0.15) is 6.92 Å². The zero-order chi connectivity index (χ0) is 9.68. The minimum atomic E-state index is 0.00593. The molecule has 1 aromatic rings. The van der Waals surface area contributed by atoms with Crippen molar-refractivity contribution in [3.8, 4) is 0 Å². The zero-order valence-corrected chi connectivity index (χ0v) is 8.51. The van der Waals surface area contributed by atoms with Gasteiger partial charge in [-0.25, -0.2) is 4.98 Å². The van der Waals surface area contributed by atoms with Gasteiger partial charge in [0, 0.05) is 6.04 Å². The van der Waals surface area contributed by atoms with Crippen molar-refractivity contribution in [3.05, 3.63) is 12.4 Å². The molecule has 0 saturated carbocycles. The van der Waals surface area contributed by atoms with Gasteiger partial charge in [0.2, 0.25) is 0 Å². The molecule has 1 rings (SSSR count). The van der Waals surface area contributed by atoms with E-state index in [4.69, 9.17) is 5.11 Å². The molecule has 0 aliphatic rings. The fourth-order valence-corrected chi connectivity index (χ4v) is 1.17. The van der Waals surface area contributed by atoms with Crippen LogP contribution in [0.25, 0.3) is 0 Å². The Hall–Kier alpha value is -0.810. The third-order valence-electron chi connectivity index (χ3n) is 1.49. The van der Waals surface area contributed by atoms with E-state index >= 15 is 0 Å². The summed E-state index contributed by atoms with van der Waals surface area (Å²) in [6, 6.07) is 0.00593. The average molecular weight is 199 g/mol. The van der Waals surface area contributed by atoms with Gasteiger partial charge in [0.05, 0.1) is 19.0 Å². The molecule has 72 valence electrons. The van der Waals surface area contributed by atoms with Crippen molar-refractivity contribution in [2.75, 3.05) is 18.2 Å². The Bertz CT molecular complexity index is 269. The summed E-state index contributed by atoms with van der Waals surface area (Å²) in [5.74, 6) is 0.702. The molecule has 0 saturated heterocycles. The van der Waals surface area contributed by atoms with Crippen LogP contribution < -0.4 is 5.32 Å². The summed E-state index contributed by atoms with van der Waals surface area (Å²) in [6.45, 7) is 1.97. The highest BCUT2D eigenvalue weighted by atomic mass is 32.2. The summed E-state index contributed by atoms with van der Waals surface area (Å²) in [7, 11) is 0. The maximum Gasteiger partial charge on any atom is 0.146 e. The second-order valence-corrected chi connectivity index (χ2v) is 3.50. The summed E-state index contributed by atoms with van der Waals surface area (Å²) in [4.78, 5) is 8.27.